The Morgan fingerprint density at radius 1 is 1.25 bits per heavy atom. The first-order valence-corrected chi connectivity index (χ1v) is 5.49. The van der Waals surface area contributed by atoms with Crippen LogP contribution >= 0.6 is 0 Å². The summed E-state index contributed by atoms with van der Waals surface area (Å²) in [7, 11) is 2.12. The van der Waals surface area contributed by atoms with Gasteiger partial charge in [0.05, 0.1) is 0 Å². The normalized spacial score (nSPS) is 17.4. The van der Waals surface area contributed by atoms with Crippen LogP contribution in [0.2, 0.25) is 0 Å². The van der Waals surface area contributed by atoms with Gasteiger partial charge in [0.25, 0.3) is 0 Å². The number of likely N-dealkylation sites (N-methyl/N-ethyl adjacent to an activating group) is 1. The molecule has 2 N–H and O–H groups in total. The maximum absolute atomic E-state index is 10.8. The summed E-state index contributed by atoms with van der Waals surface area (Å²) in [4.78, 5) is 15.4. The van der Waals surface area contributed by atoms with Crippen molar-refractivity contribution in [3.8, 4) is 0 Å². The second-order valence-corrected chi connectivity index (χ2v) is 4.22. The highest BCUT2D eigenvalue weighted by atomic mass is 16.1. The van der Waals surface area contributed by atoms with Gasteiger partial charge in [-0.05, 0) is 25.2 Å². The molecule has 0 unspecified atom stereocenters. The van der Waals surface area contributed by atoms with Crippen LogP contribution in [0.4, 0.5) is 11.4 Å². The molecule has 1 fully saturated rings. The molecule has 0 aromatic heterocycles. The quantitative estimate of drug-likeness (QED) is 0.591. The maximum Gasteiger partial charge on any atom is 0.152 e. The first-order valence-electron chi connectivity index (χ1n) is 5.49. The number of carbonyl (C=O) groups excluding carboxylic acids is 1. The van der Waals surface area contributed by atoms with Gasteiger partial charge in [-0.1, -0.05) is 0 Å². The van der Waals surface area contributed by atoms with Crippen molar-refractivity contribution >= 4 is 17.7 Å². The fraction of sp³-hybridized carbons (Fsp3) is 0.417. The van der Waals surface area contributed by atoms with Crippen LogP contribution in [0.5, 0.6) is 0 Å². The summed E-state index contributed by atoms with van der Waals surface area (Å²) in [6.45, 7) is 4.11. The lowest BCUT2D eigenvalue weighted by Gasteiger charge is -2.34. The second kappa shape index (κ2) is 4.53. The summed E-state index contributed by atoms with van der Waals surface area (Å²) in [5, 5.41) is 0. The van der Waals surface area contributed by atoms with Crippen molar-refractivity contribution in [3.05, 3.63) is 23.8 Å². The van der Waals surface area contributed by atoms with E-state index in [0.29, 0.717) is 11.3 Å². The highest BCUT2D eigenvalue weighted by molar-refractivity contribution is 5.85. The number of carbonyl (C=O) groups is 1. The first-order chi connectivity index (χ1) is 7.70. The van der Waals surface area contributed by atoms with Crippen molar-refractivity contribution in [2.45, 2.75) is 0 Å². The SMILES string of the molecule is CN1CCN(c2ccc(N)c(C=O)c2)CC1. The summed E-state index contributed by atoms with van der Waals surface area (Å²) in [6, 6.07) is 5.65. The highest BCUT2D eigenvalue weighted by Crippen LogP contribution is 2.21. The molecule has 1 saturated heterocycles. The van der Waals surface area contributed by atoms with E-state index in [9.17, 15) is 4.79 Å². The Morgan fingerprint density at radius 3 is 2.56 bits per heavy atom. The molecule has 0 atom stereocenters. The highest BCUT2D eigenvalue weighted by Gasteiger charge is 2.14. The van der Waals surface area contributed by atoms with E-state index in [1.807, 2.05) is 12.1 Å². The molecule has 0 aliphatic carbocycles. The maximum atomic E-state index is 10.8. The summed E-state index contributed by atoms with van der Waals surface area (Å²) in [5.74, 6) is 0. The number of nitrogens with two attached hydrogens (primary N) is 1. The Morgan fingerprint density at radius 2 is 1.94 bits per heavy atom. The molecular formula is C12H17N3O. The minimum Gasteiger partial charge on any atom is -0.398 e. The fourth-order valence-corrected chi connectivity index (χ4v) is 1.93. The van der Waals surface area contributed by atoms with Crippen LogP contribution in [0.1, 0.15) is 10.4 Å². The predicted molar refractivity (Wildman–Crippen MR) is 66.0 cm³/mol. The van der Waals surface area contributed by atoms with Crippen molar-refractivity contribution in [2.24, 2.45) is 0 Å². The number of hydrogen-bond donors (Lipinski definition) is 1. The van der Waals surface area contributed by atoms with E-state index in [1.54, 1.807) is 6.07 Å². The molecule has 0 spiro atoms. The van der Waals surface area contributed by atoms with Crippen LogP contribution in [0.25, 0.3) is 0 Å². The van der Waals surface area contributed by atoms with Gasteiger partial charge in [-0.25, -0.2) is 0 Å². The average molecular weight is 219 g/mol. The first kappa shape index (κ1) is 11.0. The molecule has 1 aromatic carbocycles. The van der Waals surface area contributed by atoms with Gasteiger partial charge >= 0.3 is 0 Å². The summed E-state index contributed by atoms with van der Waals surface area (Å²) in [5.41, 5.74) is 7.91. The largest absolute Gasteiger partial charge is 0.398 e. The van der Waals surface area contributed by atoms with Gasteiger partial charge in [-0.2, -0.15) is 0 Å². The Labute approximate surface area is 95.6 Å². The van der Waals surface area contributed by atoms with E-state index < -0.39 is 0 Å². The minimum atomic E-state index is 0.549. The van der Waals surface area contributed by atoms with Crippen molar-refractivity contribution in [1.82, 2.24) is 4.90 Å². The third-order valence-corrected chi connectivity index (χ3v) is 3.07. The molecular weight excluding hydrogens is 202 g/mol. The number of nitrogens with zero attached hydrogens (tertiary/aromatic N) is 2. The molecule has 1 aliphatic rings. The van der Waals surface area contributed by atoms with Gasteiger partial charge < -0.3 is 15.5 Å². The zero-order valence-electron chi connectivity index (χ0n) is 9.52. The second-order valence-electron chi connectivity index (χ2n) is 4.22. The van der Waals surface area contributed by atoms with E-state index in [0.717, 1.165) is 38.2 Å². The van der Waals surface area contributed by atoms with E-state index in [1.165, 1.54) is 0 Å². The molecule has 4 nitrogen and oxygen atoms in total. The van der Waals surface area contributed by atoms with Crippen molar-refractivity contribution in [3.63, 3.8) is 0 Å². The number of hydrogen-bond acceptors (Lipinski definition) is 4. The lowest BCUT2D eigenvalue weighted by Crippen LogP contribution is -2.44. The summed E-state index contributed by atoms with van der Waals surface area (Å²) >= 11 is 0. The molecule has 16 heavy (non-hydrogen) atoms. The fourth-order valence-electron chi connectivity index (χ4n) is 1.93. The molecule has 0 radical (unpaired) electrons. The van der Waals surface area contributed by atoms with Gasteiger partial charge in [0.2, 0.25) is 0 Å². The molecule has 1 aliphatic heterocycles. The molecule has 2 rings (SSSR count). The van der Waals surface area contributed by atoms with Crippen LogP contribution in [-0.2, 0) is 0 Å². The van der Waals surface area contributed by atoms with Crippen LogP contribution in [0, 0.1) is 0 Å². The van der Waals surface area contributed by atoms with Crippen molar-refractivity contribution in [1.29, 1.82) is 0 Å². The Bertz CT molecular complexity index is 384. The van der Waals surface area contributed by atoms with Gasteiger partial charge in [-0.3, -0.25) is 4.79 Å². The summed E-state index contributed by atoms with van der Waals surface area (Å²) in [6.07, 6.45) is 0.814. The van der Waals surface area contributed by atoms with Crippen LogP contribution in [-0.4, -0.2) is 44.4 Å². The monoisotopic (exact) mass is 219 g/mol. The molecule has 1 heterocycles. The molecule has 0 amide bonds. The third kappa shape index (κ3) is 2.17. The van der Waals surface area contributed by atoms with Crippen molar-refractivity contribution in [2.75, 3.05) is 43.9 Å². The predicted octanol–water partition coefficient (Wildman–Crippen LogP) is 0.833. The standard InChI is InChI=1S/C12H17N3O/c1-14-4-6-15(7-5-14)11-2-3-12(13)10(8-11)9-16/h2-3,8-9H,4-7,13H2,1H3. The third-order valence-electron chi connectivity index (χ3n) is 3.07. The minimum absolute atomic E-state index is 0.549. The lowest BCUT2D eigenvalue weighted by molar-refractivity contribution is 0.112. The van der Waals surface area contributed by atoms with E-state index in [2.05, 4.69) is 16.8 Å². The smallest absolute Gasteiger partial charge is 0.152 e. The molecule has 1 aromatic rings. The van der Waals surface area contributed by atoms with Gasteiger partial charge in [0.1, 0.15) is 0 Å². The molecule has 0 bridgehead atoms. The lowest BCUT2D eigenvalue weighted by atomic mass is 10.1. The van der Waals surface area contributed by atoms with Crippen LogP contribution < -0.4 is 10.6 Å². The Hall–Kier alpha value is -1.55. The summed E-state index contributed by atoms with van der Waals surface area (Å²) < 4.78 is 0. The van der Waals surface area contributed by atoms with Gasteiger partial charge in [0.15, 0.2) is 6.29 Å². The molecule has 4 heteroatoms. The Balaban J connectivity index is 2.17. The van der Waals surface area contributed by atoms with Crippen LogP contribution in [0.15, 0.2) is 18.2 Å². The molecule has 0 saturated carbocycles. The number of aldehydes is 1. The topological polar surface area (TPSA) is 49.6 Å². The number of rotatable bonds is 2. The average Bonchev–Trinajstić information content (AvgIpc) is 2.31. The van der Waals surface area contributed by atoms with Gasteiger partial charge in [-0.15, -0.1) is 0 Å². The van der Waals surface area contributed by atoms with Crippen LogP contribution in [0.3, 0.4) is 0 Å². The molecule has 86 valence electrons. The van der Waals surface area contributed by atoms with E-state index in [-0.39, 0.29) is 0 Å². The zero-order chi connectivity index (χ0) is 11.5. The number of nitrogen functional groups attached to an aromatic ring is 1. The number of benzene rings is 1. The van der Waals surface area contributed by atoms with Gasteiger partial charge in [0, 0.05) is 43.1 Å². The van der Waals surface area contributed by atoms with Crippen molar-refractivity contribution < 1.29 is 4.79 Å². The zero-order valence-corrected chi connectivity index (χ0v) is 9.52. The Kier molecular flexibility index (Phi) is 3.10. The number of anilines is 2. The number of piperazine rings is 1. The van der Waals surface area contributed by atoms with E-state index >= 15 is 0 Å². The van der Waals surface area contributed by atoms with E-state index in [4.69, 9.17) is 5.73 Å².